The van der Waals surface area contributed by atoms with Crippen LogP contribution in [0.2, 0.25) is 0 Å². The first kappa shape index (κ1) is 15.5. The van der Waals surface area contributed by atoms with Gasteiger partial charge in [-0.3, -0.25) is 0 Å². The topological polar surface area (TPSA) is 47.3 Å². The van der Waals surface area contributed by atoms with E-state index in [9.17, 15) is 10.4 Å². The number of benzene rings is 2. The fraction of sp³-hybridized carbons (Fsp3) is 0.476. The number of aliphatic hydroxyl groups excluding tert-OH is 1. The highest BCUT2D eigenvalue weighted by Gasteiger charge is 2.52. The van der Waals surface area contributed by atoms with E-state index in [1.807, 2.05) is 24.3 Å². The van der Waals surface area contributed by atoms with Gasteiger partial charge < -0.3 is 10.0 Å². The Hall–Kier alpha value is -2.05. The second-order valence-corrected chi connectivity index (χ2v) is 7.27. The molecule has 3 nitrogen and oxygen atoms in total. The fourth-order valence-electron chi connectivity index (χ4n) is 5.09. The van der Waals surface area contributed by atoms with Crippen molar-refractivity contribution >= 4 is 16.5 Å². The molecule has 1 N–H and O–H groups in total. The predicted octanol–water partition coefficient (Wildman–Crippen LogP) is 4.37. The molecule has 2 bridgehead atoms. The zero-order valence-corrected chi connectivity index (χ0v) is 14.2. The summed E-state index contributed by atoms with van der Waals surface area (Å²) < 4.78 is 0. The van der Waals surface area contributed by atoms with Crippen LogP contribution < -0.4 is 4.90 Å². The molecule has 2 fully saturated rings. The number of fused-ring (bicyclic) bond motifs is 3. The number of anilines is 1. The van der Waals surface area contributed by atoms with Crippen LogP contribution >= 0.6 is 0 Å². The van der Waals surface area contributed by atoms with Crippen LogP contribution in [0.15, 0.2) is 36.4 Å². The van der Waals surface area contributed by atoms with Gasteiger partial charge in [0.15, 0.2) is 0 Å². The quantitative estimate of drug-likeness (QED) is 0.913. The highest BCUT2D eigenvalue weighted by atomic mass is 16.3. The van der Waals surface area contributed by atoms with E-state index >= 15 is 0 Å². The van der Waals surface area contributed by atoms with Gasteiger partial charge in [-0.1, -0.05) is 31.2 Å². The minimum absolute atomic E-state index is 0.130. The van der Waals surface area contributed by atoms with Crippen LogP contribution in [0.3, 0.4) is 0 Å². The molecule has 3 heteroatoms. The molecule has 0 saturated carbocycles. The van der Waals surface area contributed by atoms with Gasteiger partial charge in [0.05, 0.1) is 23.3 Å². The normalized spacial score (nSPS) is 27.2. The van der Waals surface area contributed by atoms with E-state index in [1.54, 1.807) is 0 Å². The maximum absolute atomic E-state index is 10.9. The molecule has 124 valence electrons. The summed E-state index contributed by atoms with van der Waals surface area (Å²) in [5.74, 6) is 0. The lowest BCUT2D eigenvalue weighted by atomic mass is 9.81. The lowest BCUT2D eigenvalue weighted by Gasteiger charge is -2.49. The van der Waals surface area contributed by atoms with Gasteiger partial charge in [0.25, 0.3) is 0 Å². The average molecular weight is 320 g/mol. The SMILES string of the molecule is CCC(O)C12CCCC(CC1)N2c1ccc(C#N)c2ccccc12. The molecular formula is C21H24N2O. The van der Waals surface area contributed by atoms with Crippen molar-refractivity contribution in [3.8, 4) is 6.07 Å². The van der Waals surface area contributed by atoms with Crippen molar-refractivity contribution in [2.75, 3.05) is 4.90 Å². The number of rotatable bonds is 3. The Balaban J connectivity index is 1.92. The third-order valence-electron chi connectivity index (χ3n) is 6.19. The molecule has 3 atom stereocenters. The van der Waals surface area contributed by atoms with Crippen molar-refractivity contribution in [1.82, 2.24) is 0 Å². The molecular weight excluding hydrogens is 296 g/mol. The van der Waals surface area contributed by atoms with Crippen molar-refractivity contribution in [1.29, 1.82) is 5.26 Å². The zero-order valence-electron chi connectivity index (χ0n) is 14.2. The molecule has 3 unspecified atom stereocenters. The van der Waals surface area contributed by atoms with Gasteiger partial charge >= 0.3 is 0 Å². The molecule has 2 aliphatic rings. The summed E-state index contributed by atoms with van der Waals surface area (Å²) in [5.41, 5.74) is 1.79. The van der Waals surface area contributed by atoms with Crippen molar-refractivity contribution < 1.29 is 5.11 Å². The Bertz CT molecular complexity index is 805. The molecule has 0 aromatic heterocycles. The number of aliphatic hydroxyl groups is 1. The van der Waals surface area contributed by atoms with Crippen LogP contribution in [-0.4, -0.2) is 22.8 Å². The molecule has 2 aromatic carbocycles. The highest BCUT2D eigenvalue weighted by molar-refractivity contribution is 5.98. The lowest BCUT2D eigenvalue weighted by Crippen LogP contribution is -2.57. The third kappa shape index (κ3) is 2.06. The van der Waals surface area contributed by atoms with Crippen molar-refractivity contribution in [3.05, 3.63) is 42.0 Å². The van der Waals surface area contributed by atoms with Gasteiger partial charge in [0.2, 0.25) is 0 Å². The van der Waals surface area contributed by atoms with E-state index in [0.717, 1.165) is 42.0 Å². The van der Waals surface area contributed by atoms with E-state index in [1.165, 1.54) is 18.5 Å². The van der Waals surface area contributed by atoms with Gasteiger partial charge in [-0.05, 0) is 50.7 Å². The molecule has 2 saturated heterocycles. The highest BCUT2D eigenvalue weighted by Crippen LogP contribution is 2.50. The first-order valence-corrected chi connectivity index (χ1v) is 9.10. The minimum Gasteiger partial charge on any atom is -0.391 e. The standard InChI is InChI=1S/C21H24N2O/c1-2-20(24)21-12-5-6-16(11-13-21)23(21)19-10-9-15(14-22)17-7-3-4-8-18(17)19/h3-4,7-10,16,20,24H,2,5-6,11-13H2,1H3. The average Bonchev–Trinajstić information content (AvgIpc) is 2.85. The van der Waals surface area contributed by atoms with Crippen molar-refractivity contribution in [2.24, 2.45) is 0 Å². The summed E-state index contributed by atoms with van der Waals surface area (Å²) in [4.78, 5) is 2.52. The second-order valence-electron chi connectivity index (χ2n) is 7.27. The van der Waals surface area contributed by atoms with Crippen molar-refractivity contribution in [2.45, 2.75) is 63.1 Å². The molecule has 0 amide bonds. The Morgan fingerprint density at radius 1 is 1.21 bits per heavy atom. The number of nitrogens with zero attached hydrogens (tertiary/aromatic N) is 2. The van der Waals surface area contributed by atoms with Gasteiger partial charge in [0.1, 0.15) is 0 Å². The predicted molar refractivity (Wildman–Crippen MR) is 97.0 cm³/mol. The van der Waals surface area contributed by atoms with Crippen LogP contribution in [0.4, 0.5) is 5.69 Å². The number of hydrogen-bond donors (Lipinski definition) is 1. The summed E-state index contributed by atoms with van der Waals surface area (Å²) in [6, 6.07) is 15.1. The summed E-state index contributed by atoms with van der Waals surface area (Å²) in [6.45, 7) is 2.08. The van der Waals surface area contributed by atoms with Crippen LogP contribution in [0, 0.1) is 11.3 Å². The fourth-order valence-corrected chi connectivity index (χ4v) is 5.09. The molecule has 0 radical (unpaired) electrons. The number of nitriles is 1. The first-order chi connectivity index (χ1) is 11.7. The third-order valence-corrected chi connectivity index (χ3v) is 6.19. The zero-order chi connectivity index (χ0) is 16.7. The van der Waals surface area contributed by atoms with Gasteiger partial charge in [0, 0.05) is 22.5 Å². The maximum Gasteiger partial charge on any atom is 0.0998 e. The van der Waals surface area contributed by atoms with E-state index in [0.29, 0.717) is 6.04 Å². The molecule has 2 aliphatic heterocycles. The maximum atomic E-state index is 10.9. The Labute approximate surface area is 143 Å². The largest absolute Gasteiger partial charge is 0.391 e. The van der Waals surface area contributed by atoms with Crippen LogP contribution in [0.25, 0.3) is 10.8 Å². The molecule has 4 rings (SSSR count). The molecule has 0 spiro atoms. The van der Waals surface area contributed by atoms with Gasteiger partial charge in [-0.15, -0.1) is 0 Å². The van der Waals surface area contributed by atoms with Crippen molar-refractivity contribution in [3.63, 3.8) is 0 Å². The van der Waals surface area contributed by atoms with Gasteiger partial charge in [-0.2, -0.15) is 5.26 Å². The van der Waals surface area contributed by atoms with E-state index in [-0.39, 0.29) is 11.6 Å². The van der Waals surface area contributed by atoms with Crippen LogP contribution in [0.1, 0.15) is 51.0 Å². The summed E-state index contributed by atoms with van der Waals surface area (Å²) >= 11 is 0. The van der Waals surface area contributed by atoms with Crippen LogP contribution in [0.5, 0.6) is 0 Å². The monoisotopic (exact) mass is 320 g/mol. The van der Waals surface area contributed by atoms with E-state index in [2.05, 4.69) is 30.0 Å². The lowest BCUT2D eigenvalue weighted by molar-refractivity contribution is 0.0678. The Morgan fingerprint density at radius 3 is 2.75 bits per heavy atom. The molecule has 2 aromatic rings. The number of hydrogen-bond acceptors (Lipinski definition) is 3. The summed E-state index contributed by atoms with van der Waals surface area (Å²) in [5, 5.41) is 22.5. The van der Waals surface area contributed by atoms with Gasteiger partial charge in [-0.25, -0.2) is 0 Å². The number of piperidine rings is 1. The van der Waals surface area contributed by atoms with E-state index < -0.39 is 0 Å². The molecule has 2 heterocycles. The molecule has 0 aliphatic carbocycles. The second kappa shape index (κ2) is 5.79. The minimum atomic E-state index is -0.294. The molecule has 24 heavy (non-hydrogen) atoms. The summed E-state index contributed by atoms with van der Waals surface area (Å²) in [6.07, 6.45) is 6.19. The van der Waals surface area contributed by atoms with Crippen LogP contribution in [-0.2, 0) is 0 Å². The smallest absolute Gasteiger partial charge is 0.0998 e. The Morgan fingerprint density at radius 2 is 2.00 bits per heavy atom. The summed E-state index contributed by atoms with van der Waals surface area (Å²) in [7, 11) is 0. The van der Waals surface area contributed by atoms with E-state index in [4.69, 9.17) is 0 Å². The Kier molecular flexibility index (Phi) is 3.73. The first-order valence-electron chi connectivity index (χ1n) is 9.10.